The molecule has 16 heavy (non-hydrogen) atoms. The van der Waals surface area contributed by atoms with Crippen molar-refractivity contribution in [1.82, 2.24) is 0 Å². The lowest BCUT2D eigenvalue weighted by atomic mass is 9.97. The second-order valence-corrected chi connectivity index (χ2v) is 3.76. The number of aliphatic imine (C=N–C) groups is 1. The van der Waals surface area contributed by atoms with Gasteiger partial charge in [-0.1, -0.05) is 0 Å². The Bertz CT molecular complexity index is 485. The number of dihydropyridines is 1. The summed E-state index contributed by atoms with van der Waals surface area (Å²) in [5.41, 5.74) is 1.18. The van der Waals surface area contributed by atoms with Crippen LogP contribution in [0.25, 0.3) is 0 Å². The number of rotatable bonds is 2. The molecule has 0 saturated carbocycles. The van der Waals surface area contributed by atoms with E-state index in [1.165, 1.54) is 13.2 Å². The van der Waals surface area contributed by atoms with E-state index in [0.717, 1.165) is 0 Å². The number of nitrogens with zero attached hydrogens (tertiary/aromatic N) is 1. The third-order valence-electron chi connectivity index (χ3n) is 2.32. The Hall–Kier alpha value is -1.68. The van der Waals surface area contributed by atoms with Crippen LogP contribution in [0, 0.1) is 0 Å². The lowest BCUT2D eigenvalue weighted by Crippen LogP contribution is -2.19. The number of alkyl halides is 1. The molecule has 0 N–H and O–H groups in total. The number of carbonyl (C=O) groups excluding carboxylic acids is 2. The molecule has 0 aromatic carbocycles. The largest absolute Gasteiger partial charge is 0.499 e. The molecule has 1 heterocycles. The van der Waals surface area contributed by atoms with Crippen LogP contribution in [-0.4, -0.2) is 30.4 Å². The van der Waals surface area contributed by atoms with Crippen LogP contribution in [0.2, 0.25) is 0 Å². The first-order valence-corrected chi connectivity index (χ1v) is 5.01. The molecule has 0 aromatic heterocycles. The smallest absolute Gasteiger partial charge is 0.280 e. The van der Waals surface area contributed by atoms with Gasteiger partial charge in [0.25, 0.3) is 5.91 Å². The number of aldehydes is 1. The van der Waals surface area contributed by atoms with E-state index in [1.54, 1.807) is 12.2 Å². The van der Waals surface area contributed by atoms with Gasteiger partial charge in [-0.2, -0.15) is 0 Å². The summed E-state index contributed by atoms with van der Waals surface area (Å²) in [5, 5.41) is -0.406. The molecule has 4 nitrogen and oxygen atoms in total. The fraction of sp³-hybridized carbons (Fsp3) is 0.182. The van der Waals surface area contributed by atoms with Crippen molar-refractivity contribution in [3.63, 3.8) is 0 Å². The summed E-state index contributed by atoms with van der Waals surface area (Å²) < 4.78 is 5.04. The van der Waals surface area contributed by atoms with Gasteiger partial charge in [-0.25, -0.2) is 4.99 Å². The van der Waals surface area contributed by atoms with Crippen LogP contribution >= 0.6 is 11.6 Å². The van der Waals surface area contributed by atoms with Crippen molar-refractivity contribution in [2.75, 3.05) is 7.11 Å². The molecule has 0 radical (unpaired) electrons. The van der Waals surface area contributed by atoms with Gasteiger partial charge in [0.15, 0.2) is 6.29 Å². The first-order valence-electron chi connectivity index (χ1n) is 4.57. The summed E-state index contributed by atoms with van der Waals surface area (Å²) in [4.78, 5) is 25.7. The molecule has 1 unspecified atom stereocenters. The zero-order valence-electron chi connectivity index (χ0n) is 8.44. The number of halogens is 1. The number of methoxy groups -OCH3 is 1. The van der Waals surface area contributed by atoms with Gasteiger partial charge in [0, 0.05) is 6.08 Å². The summed E-state index contributed by atoms with van der Waals surface area (Å²) in [7, 11) is 1.50. The van der Waals surface area contributed by atoms with Crippen LogP contribution < -0.4 is 0 Å². The second kappa shape index (κ2) is 4.06. The first kappa shape index (κ1) is 10.8. The maximum absolute atomic E-state index is 11.3. The third kappa shape index (κ3) is 1.72. The predicted molar refractivity (Wildman–Crippen MR) is 59.4 cm³/mol. The maximum Gasteiger partial charge on any atom is 0.280 e. The number of amides is 1. The summed E-state index contributed by atoms with van der Waals surface area (Å²) in [6, 6.07) is 0. The maximum atomic E-state index is 11.3. The average Bonchev–Trinajstić information content (AvgIpc) is 2.28. The third-order valence-corrected chi connectivity index (χ3v) is 2.66. The van der Waals surface area contributed by atoms with Crippen LogP contribution in [-0.2, 0) is 14.3 Å². The Balaban J connectivity index is 2.44. The highest BCUT2D eigenvalue weighted by Crippen LogP contribution is 2.25. The van der Waals surface area contributed by atoms with E-state index in [0.29, 0.717) is 23.3 Å². The normalized spacial score (nSPS) is 23.6. The van der Waals surface area contributed by atoms with Gasteiger partial charge in [0.05, 0.1) is 18.4 Å². The molecule has 5 heteroatoms. The Morgan fingerprint density at radius 1 is 1.50 bits per heavy atom. The Kier molecular flexibility index (Phi) is 2.75. The van der Waals surface area contributed by atoms with Crippen LogP contribution in [0.3, 0.4) is 0 Å². The first-order chi connectivity index (χ1) is 7.65. The lowest BCUT2D eigenvalue weighted by Gasteiger charge is -2.19. The van der Waals surface area contributed by atoms with Crippen molar-refractivity contribution in [3.05, 3.63) is 35.1 Å². The number of hydrogen-bond donors (Lipinski definition) is 0. The van der Waals surface area contributed by atoms with Crippen LogP contribution in [0.15, 0.2) is 40.1 Å². The number of ether oxygens (including phenoxy) is 1. The highest BCUT2D eigenvalue weighted by Gasteiger charge is 2.24. The van der Waals surface area contributed by atoms with E-state index >= 15 is 0 Å². The van der Waals surface area contributed by atoms with Crippen molar-refractivity contribution in [2.24, 2.45) is 4.99 Å². The summed E-state index contributed by atoms with van der Waals surface area (Å²) >= 11 is 6.00. The molecule has 0 fully saturated rings. The molecule has 0 saturated heterocycles. The summed E-state index contributed by atoms with van der Waals surface area (Å²) in [5.74, 6) is -0.0122. The fourth-order valence-electron chi connectivity index (χ4n) is 1.50. The zero-order chi connectivity index (χ0) is 11.7. The van der Waals surface area contributed by atoms with Gasteiger partial charge in [0.1, 0.15) is 11.1 Å². The van der Waals surface area contributed by atoms with Gasteiger partial charge in [0.2, 0.25) is 0 Å². The van der Waals surface area contributed by atoms with E-state index in [9.17, 15) is 9.59 Å². The second-order valence-electron chi connectivity index (χ2n) is 3.29. The van der Waals surface area contributed by atoms with Crippen LogP contribution in [0.1, 0.15) is 0 Å². The highest BCUT2D eigenvalue weighted by atomic mass is 35.5. The van der Waals surface area contributed by atoms with Gasteiger partial charge in [-0.3, -0.25) is 9.59 Å². The summed E-state index contributed by atoms with van der Waals surface area (Å²) in [6.45, 7) is 0. The van der Waals surface area contributed by atoms with E-state index in [4.69, 9.17) is 16.3 Å². The van der Waals surface area contributed by atoms with Crippen molar-refractivity contribution >= 4 is 29.5 Å². The standard InChI is InChI=1S/C11H8ClNO3/c1-16-10-4-9-6(3-8(10)12)2-7(5-14)11(15)13-9/h2-5,8H,1H3. The van der Waals surface area contributed by atoms with Crippen LogP contribution in [0.5, 0.6) is 0 Å². The molecule has 0 spiro atoms. The molecule has 2 aliphatic rings. The predicted octanol–water partition coefficient (Wildman–Crippen LogP) is 1.17. The zero-order valence-corrected chi connectivity index (χ0v) is 9.19. The molecule has 1 aliphatic heterocycles. The average molecular weight is 238 g/mol. The van der Waals surface area contributed by atoms with Crippen molar-refractivity contribution < 1.29 is 14.3 Å². The van der Waals surface area contributed by atoms with Gasteiger partial charge in [-0.15, -0.1) is 11.6 Å². The minimum Gasteiger partial charge on any atom is -0.499 e. The van der Waals surface area contributed by atoms with Crippen molar-refractivity contribution in [1.29, 1.82) is 0 Å². The fourth-order valence-corrected chi connectivity index (χ4v) is 1.79. The molecule has 1 atom stereocenters. The molecule has 1 aliphatic carbocycles. The highest BCUT2D eigenvalue weighted by molar-refractivity contribution is 6.29. The Labute approximate surface area is 96.9 Å². The van der Waals surface area contributed by atoms with Crippen molar-refractivity contribution in [2.45, 2.75) is 5.38 Å². The Morgan fingerprint density at radius 3 is 2.88 bits per heavy atom. The van der Waals surface area contributed by atoms with E-state index in [-0.39, 0.29) is 5.57 Å². The number of hydrogen-bond acceptors (Lipinski definition) is 3. The van der Waals surface area contributed by atoms with E-state index < -0.39 is 11.3 Å². The van der Waals surface area contributed by atoms with Gasteiger partial charge < -0.3 is 4.74 Å². The van der Waals surface area contributed by atoms with E-state index in [2.05, 4.69) is 4.99 Å². The molecular formula is C11H8ClNO3. The quantitative estimate of drug-likeness (QED) is 0.412. The SMILES string of the molecule is COC1=CC2=NC(=O)C(C=O)=CC2=CC1Cl. The molecule has 0 bridgehead atoms. The summed E-state index contributed by atoms with van der Waals surface area (Å²) in [6.07, 6.45) is 5.26. The molecule has 82 valence electrons. The molecule has 0 aromatic rings. The number of allylic oxidation sites excluding steroid dienone is 4. The van der Waals surface area contributed by atoms with Gasteiger partial charge >= 0.3 is 0 Å². The minimum atomic E-state index is -0.540. The molecule has 2 rings (SSSR count). The van der Waals surface area contributed by atoms with Crippen molar-refractivity contribution in [3.8, 4) is 0 Å². The lowest BCUT2D eigenvalue weighted by molar-refractivity contribution is -0.116. The topological polar surface area (TPSA) is 55.7 Å². The number of carbonyl (C=O) groups is 2. The van der Waals surface area contributed by atoms with Crippen LogP contribution in [0.4, 0.5) is 0 Å². The van der Waals surface area contributed by atoms with Gasteiger partial charge in [-0.05, 0) is 17.7 Å². The number of fused-ring (bicyclic) bond motifs is 1. The Morgan fingerprint density at radius 2 is 2.25 bits per heavy atom. The van der Waals surface area contributed by atoms with E-state index in [1.807, 2.05) is 0 Å². The molecule has 1 amide bonds. The molecular weight excluding hydrogens is 230 g/mol. The monoisotopic (exact) mass is 237 g/mol. The minimum absolute atomic E-state index is 0.0353.